The van der Waals surface area contributed by atoms with E-state index in [0.29, 0.717) is 17.3 Å². The van der Waals surface area contributed by atoms with Crippen molar-refractivity contribution in [3.63, 3.8) is 0 Å². The molecule has 0 unspecified atom stereocenters. The molecule has 0 saturated carbocycles. The van der Waals surface area contributed by atoms with Crippen LogP contribution in [0.1, 0.15) is 18.7 Å². The fourth-order valence-electron chi connectivity index (χ4n) is 1.02. The van der Waals surface area contributed by atoms with Crippen molar-refractivity contribution in [3.05, 3.63) is 17.0 Å². The van der Waals surface area contributed by atoms with Crippen molar-refractivity contribution in [2.75, 3.05) is 12.8 Å². The van der Waals surface area contributed by atoms with E-state index in [1.54, 1.807) is 23.9 Å². The van der Waals surface area contributed by atoms with Gasteiger partial charge in [-0.15, -0.1) is 11.3 Å². The fourth-order valence-corrected chi connectivity index (χ4v) is 3.82. The van der Waals surface area contributed by atoms with Gasteiger partial charge in [0.15, 0.2) is 0 Å². The molecule has 1 rings (SSSR count). The van der Waals surface area contributed by atoms with E-state index in [4.69, 9.17) is 5.73 Å². The van der Waals surface area contributed by atoms with E-state index in [1.165, 1.54) is 11.3 Å². The standard InChI is InChI=1S/C10H18N2O2S3/c1-10(2,15-3)7-12-17(13,14)9-5-4-8(6-11)16-9/h4-5,12H,6-7,11H2,1-3H3. The van der Waals surface area contributed by atoms with Crippen molar-refractivity contribution < 1.29 is 8.42 Å². The molecule has 0 amide bonds. The number of sulfonamides is 1. The van der Waals surface area contributed by atoms with Gasteiger partial charge in [0.25, 0.3) is 0 Å². The third-order valence-electron chi connectivity index (χ3n) is 2.34. The zero-order valence-corrected chi connectivity index (χ0v) is 12.6. The number of hydrogen-bond donors (Lipinski definition) is 2. The van der Waals surface area contributed by atoms with Crippen molar-refractivity contribution in [1.82, 2.24) is 4.72 Å². The highest BCUT2D eigenvalue weighted by molar-refractivity contribution is 8.00. The number of nitrogens with two attached hydrogens (primary N) is 1. The molecule has 0 atom stereocenters. The molecular weight excluding hydrogens is 276 g/mol. The van der Waals surface area contributed by atoms with E-state index in [9.17, 15) is 8.42 Å². The van der Waals surface area contributed by atoms with Crippen LogP contribution in [0.3, 0.4) is 0 Å². The summed E-state index contributed by atoms with van der Waals surface area (Å²) in [6.45, 7) is 4.78. The minimum absolute atomic E-state index is 0.110. The molecule has 3 N–H and O–H groups in total. The molecule has 0 aromatic carbocycles. The number of nitrogens with one attached hydrogen (secondary N) is 1. The number of hydrogen-bond acceptors (Lipinski definition) is 5. The molecule has 0 aliphatic heterocycles. The van der Waals surface area contributed by atoms with Crippen LogP contribution < -0.4 is 10.5 Å². The second-order valence-corrected chi connectivity index (χ2v) is 8.89. The van der Waals surface area contributed by atoms with Crippen LogP contribution in [0.25, 0.3) is 0 Å². The summed E-state index contributed by atoms with van der Waals surface area (Å²) < 4.78 is 26.8. The molecule has 0 bridgehead atoms. The Balaban J connectivity index is 2.76. The molecule has 0 aliphatic carbocycles. The van der Waals surface area contributed by atoms with E-state index in [-0.39, 0.29) is 4.75 Å². The largest absolute Gasteiger partial charge is 0.326 e. The van der Waals surface area contributed by atoms with E-state index in [1.807, 2.05) is 20.1 Å². The van der Waals surface area contributed by atoms with Gasteiger partial charge in [-0.1, -0.05) is 0 Å². The van der Waals surface area contributed by atoms with Crippen molar-refractivity contribution in [1.29, 1.82) is 0 Å². The zero-order valence-electron chi connectivity index (χ0n) is 10.2. The molecule has 4 nitrogen and oxygen atoms in total. The van der Waals surface area contributed by atoms with Crippen LogP contribution in [0.15, 0.2) is 16.3 Å². The van der Waals surface area contributed by atoms with Crippen molar-refractivity contribution in [2.24, 2.45) is 5.73 Å². The van der Waals surface area contributed by atoms with Crippen molar-refractivity contribution in [2.45, 2.75) is 29.3 Å². The Bertz CT molecular complexity index is 466. The normalized spacial score (nSPS) is 12.9. The molecule has 0 saturated heterocycles. The van der Waals surface area contributed by atoms with Gasteiger partial charge < -0.3 is 5.73 Å². The van der Waals surface area contributed by atoms with Gasteiger partial charge in [-0.2, -0.15) is 11.8 Å². The van der Waals surface area contributed by atoms with E-state index in [2.05, 4.69) is 4.72 Å². The van der Waals surface area contributed by atoms with Gasteiger partial charge in [0, 0.05) is 22.7 Å². The molecule has 1 aromatic heterocycles. The lowest BCUT2D eigenvalue weighted by Crippen LogP contribution is -2.35. The first-order valence-corrected chi connectivity index (χ1v) is 8.67. The summed E-state index contributed by atoms with van der Waals surface area (Å²) in [4.78, 5) is 0.870. The Morgan fingerprint density at radius 1 is 1.47 bits per heavy atom. The van der Waals surface area contributed by atoms with E-state index >= 15 is 0 Å². The lowest BCUT2D eigenvalue weighted by molar-refractivity contribution is 0.573. The van der Waals surface area contributed by atoms with Crippen LogP contribution in [0, 0.1) is 0 Å². The molecule has 1 aromatic rings. The maximum atomic E-state index is 12.0. The highest BCUT2D eigenvalue weighted by Gasteiger charge is 2.22. The highest BCUT2D eigenvalue weighted by atomic mass is 32.2. The first kappa shape index (κ1) is 15.0. The lowest BCUT2D eigenvalue weighted by atomic mass is 10.2. The van der Waals surface area contributed by atoms with Crippen LogP contribution in [0.5, 0.6) is 0 Å². The SMILES string of the molecule is CSC(C)(C)CNS(=O)(=O)c1ccc(CN)s1. The third kappa shape index (κ3) is 4.26. The van der Waals surface area contributed by atoms with Crippen LogP contribution in [0.2, 0.25) is 0 Å². The van der Waals surface area contributed by atoms with E-state index in [0.717, 1.165) is 4.88 Å². The van der Waals surface area contributed by atoms with Gasteiger partial charge in [-0.3, -0.25) is 0 Å². The second-order valence-electron chi connectivity index (χ2n) is 4.21. The van der Waals surface area contributed by atoms with Gasteiger partial charge >= 0.3 is 0 Å². The second kappa shape index (κ2) is 5.71. The predicted molar refractivity (Wildman–Crippen MR) is 75.0 cm³/mol. The van der Waals surface area contributed by atoms with Crippen LogP contribution in [-0.4, -0.2) is 26.0 Å². The van der Waals surface area contributed by atoms with Crippen molar-refractivity contribution in [3.8, 4) is 0 Å². The Morgan fingerprint density at radius 3 is 2.59 bits per heavy atom. The van der Waals surface area contributed by atoms with Gasteiger partial charge in [0.2, 0.25) is 10.0 Å². The summed E-state index contributed by atoms with van der Waals surface area (Å²) in [6.07, 6.45) is 1.96. The minimum atomic E-state index is -3.39. The molecule has 0 spiro atoms. The summed E-state index contributed by atoms with van der Waals surface area (Å²) in [6, 6.07) is 3.35. The van der Waals surface area contributed by atoms with Crippen LogP contribution in [0.4, 0.5) is 0 Å². The molecule has 17 heavy (non-hydrogen) atoms. The first-order valence-electron chi connectivity index (χ1n) is 5.14. The third-order valence-corrected chi connectivity index (χ3v) is 6.59. The van der Waals surface area contributed by atoms with E-state index < -0.39 is 10.0 Å². The quantitative estimate of drug-likeness (QED) is 0.836. The zero-order chi connectivity index (χ0) is 13.1. The molecule has 7 heteroatoms. The van der Waals surface area contributed by atoms with Gasteiger partial charge in [-0.25, -0.2) is 13.1 Å². The topological polar surface area (TPSA) is 72.2 Å². The summed E-state index contributed by atoms with van der Waals surface area (Å²) in [5, 5.41) is 0. The van der Waals surface area contributed by atoms with Crippen LogP contribution in [-0.2, 0) is 16.6 Å². The number of thioether (sulfide) groups is 1. The number of rotatable bonds is 6. The summed E-state index contributed by atoms with van der Waals surface area (Å²) in [5.74, 6) is 0. The van der Waals surface area contributed by atoms with Gasteiger partial charge in [-0.05, 0) is 32.2 Å². The average Bonchev–Trinajstić information content (AvgIpc) is 2.76. The minimum Gasteiger partial charge on any atom is -0.326 e. The van der Waals surface area contributed by atoms with Crippen molar-refractivity contribution >= 4 is 33.1 Å². The summed E-state index contributed by atoms with van der Waals surface area (Å²) >= 11 is 2.84. The van der Waals surface area contributed by atoms with Gasteiger partial charge in [0.05, 0.1) is 0 Å². The Labute approximate surface area is 111 Å². The summed E-state index contributed by atoms with van der Waals surface area (Å²) in [7, 11) is -3.39. The molecule has 0 fully saturated rings. The maximum absolute atomic E-state index is 12.0. The number of thiophene rings is 1. The summed E-state index contributed by atoms with van der Waals surface area (Å²) in [5.41, 5.74) is 5.46. The monoisotopic (exact) mass is 294 g/mol. The molecule has 0 radical (unpaired) electrons. The smallest absolute Gasteiger partial charge is 0.250 e. The predicted octanol–water partition coefficient (Wildman–Crippen LogP) is 1.63. The maximum Gasteiger partial charge on any atom is 0.250 e. The average molecular weight is 294 g/mol. The van der Waals surface area contributed by atoms with Crippen LogP contribution >= 0.6 is 23.1 Å². The van der Waals surface area contributed by atoms with Gasteiger partial charge in [0.1, 0.15) is 4.21 Å². The Morgan fingerprint density at radius 2 is 2.12 bits per heavy atom. The lowest BCUT2D eigenvalue weighted by Gasteiger charge is -2.21. The molecule has 98 valence electrons. The molecular formula is C10H18N2O2S3. The highest BCUT2D eigenvalue weighted by Crippen LogP contribution is 2.23. The fraction of sp³-hybridized carbons (Fsp3) is 0.600. The Hall–Kier alpha value is -0.0800. The Kier molecular flexibility index (Phi) is 5.03. The molecule has 0 aliphatic rings. The molecule has 1 heterocycles. The first-order chi connectivity index (χ1) is 7.80.